The molecule has 0 saturated carbocycles. The van der Waals surface area contributed by atoms with Crippen LogP contribution in [0.5, 0.6) is 0 Å². The second-order valence-electron chi connectivity index (χ2n) is 11.8. The average molecular weight is 522 g/mol. The van der Waals surface area contributed by atoms with Crippen LogP contribution in [0, 0.1) is 12.3 Å². The first-order valence-corrected chi connectivity index (χ1v) is 13.9. The molecule has 1 fully saturated rings. The van der Waals surface area contributed by atoms with Crippen LogP contribution in [0.2, 0.25) is 0 Å². The van der Waals surface area contributed by atoms with Crippen molar-refractivity contribution < 1.29 is 14.4 Å². The number of benzene rings is 1. The van der Waals surface area contributed by atoms with E-state index in [1.807, 2.05) is 6.92 Å². The molecule has 4 rings (SSSR count). The second kappa shape index (κ2) is 11.7. The largest absolute Gasteiger partial charge is 0.369 e. The summed E-state index contributed by atoms with van der Waals surface area (Å²) in [7, 11) is 2.15. The van der Waals surface area contributed by atoms with Crippen molar-refractivity contribution in [3.63, 3.8) is 0 Å². The van der Waals surface area contributed by atoms with E-state index in [4.69, 9.17) is 0 Å². The maximum Gasteiger partial charge on any atom is 0.268 e. The van der Waals surface area contributed by atoms with Gasteiger partial charge in [-0.25, -0.2) is 0 Å². The van der Waals surface area contributed by atoms with Crippen LogP contribution in [-0.2, 0) is 17.8 Å². The zero-order valence-electron chi connectivity index (χ0n) is 23.6. The number of piperazine rings is 1. The van der Waals surface area contributed by atoms with Gasteiger partial charge in [0.2, 0.25) is 5.91 Å². The van der Waals surface area contributed by atoms with Crippen LogP contribution in [0.3, 0.4) is 0 Å². The van der Waals surface area contributed by atoms with E-state index in [-0.39, 0.29) is 23.0 Å². The van der Waals surface area contributed by atoms with Crippen molar-refractivity contribution in [1.82, 2.24) is 20.5 Å². The predicted octanol–water partition coefficient (Wildman–Crippen LogP) is 3.84. The number of aromatic nitrogens is 1. The van der Waals surface area contributed by atoms with E-state index in [0.717, 1.165) is 56.7 Å². The second-order valence-corrected chi connectivity index (χ2v) is 11.8. The Labute approximate surface area is 226 Å². The van der Waals surface area contributed by atoms with Gasteiger partial charge in [-0.1, -0.05) is 45.7 Å². The lowest BCUT2D eigenvalue weighted by Gasteiger charge is -2.34. The summed E-state index contributed by atoms with van der Waals surface area (Å²) >= 11 is 0. The van der Waals surface area contributed by atoms with Crippen molar-refractivity contribution in [2.24, 2.45) is 5.41 Å². The number of carbonyl (C=O) groups is 3. The first-order valence-electron chi connectivity index (χ1n) is 13.9. The third-order valence-electron chi connectivity index (χ3n) is 7.87. The number of Topliss-reactive ketones (excluding diaryl/α,β-unsaturated/α-hetero) is 1. The van der Waals surface area contributed by atoms with Gasteiger partial charge in [-0.3, -0.25) is 14.4 Å². The molecule has 3 N–H and O–H groups in total. The van der Waals surface area contributed by atoms with Gasteiger partial charge in [0.1, 0.15) is 11.7 Å². The van der Waals surface area contributed by atoms with Gasteiger partial charge in [-0.05, 0) is 55.5 Å². The topological polar surface area (TPSA) is 97.5 Å². The SMILES string of the molecule is CCCCC(NC(=O)c1[nH]c2c(c1C)C(=O)CC(C)(C)C2)C(=O)NCc1ccc(N2CCN(C)CC2)cc1. The Hall–Kier alpha value is -3.13. The Morgan fingerprint density at radius 3 is 2.42 bits per heavy atom. The van der Waals surface area contributed by atoms with Crippen molar-refractivity contribution in [2.45, 2.75) is 72.4 Å². The zero-order valence-corrected chi connectivity index (χ0v) is 23.6. The molecule has 1 aliphatic carbocycles. The highest BCUT2D eigenvalue weighted by atomic mass is 16.2. The summed E-state index contributed by atoms with van der Waals surface area (Å²) in [6, 6.07) is 7.69. The fourth-order valence-electron chi connectivity index (χ4n) is 5.57. The van der Waals surface area contributed by atoms with Crippen LogP contribution >= 0.6 is 0 Å². The molecule has 38 heavy (non-hydrogen) atoms. The number of likely N-dealkylation sites (N-methyl/N-ethyl adjacent to an activating group) is 1. The summed E-state index contributed by atoms with van der Waals surface area (Å²) < 4.78 is 0. The number of amides is 2. The van der Waals surface area contributed by atoms with Gasteiger partial charge in [0.25, 0.3) is 5.91 Å². The number of anilines is 1. The van der Waals surface area contributed by atoms with Crippen molar-refractivity contribution in [3.05, 3.63) is 52.3 Å². The van der Waals surface area contributed by atoms with E-state index >= 15 is 0 Å². The molecule has 206 valence electrons. The third kappa shape index (κ3) is 6.46. The summed E-state index contributed by atoms with van der Waals surface area (Å²) in [5, 5.41) is 5.95. The molecule has 1 aromatic heterocycles. The maximum atomic E-state index is 13.3. The number of carbonyl (C=O) groups excluding carboxylic acids is 3. The van der Waals surface area contributed by atoms with Gasteiger partial charge in [-0.15, -0.1) is 0 Å². The zero-order chi connectivity index (χ0) is 27.4. The number of hydrogen-bond acceptors (Lipinski definition) is 5. The first kappa shape index (κ1) is 27.9. The lowest BCUT2D eigenvalue weighted by molar-refractivity contribution is -0.123. The Morgan fingerprint density at radius 2 is 1.76 bits per heavy atom. The minimum atomic E-state index is -0.640. The molecule has 0 spiro atoms. The number of H-pyrrole nitrogens is 1. The van der Waals surface area contributed by atoms with E-state index in [2.05, 4.69) is 77.5 Å². The predicted molar refractivity (Wildman–Crippen MR) is 151 cm³/mol. The van der Waals surface area contributed by atoms with Gasteiger partial charge >= 0.3 is 0 Å². The van der Waals surface area contributed by atoms with Gasteiger partial charge in [0.05, 0.1) is 0 Å². The minimum absolute atomic E-state index is 0.0722. The van der Waals surface area contributed by atoms with Gasteiger partial charge in [-0.2, -0.15) is 0 Å². The molecule has 2 aromatic rings. The molecule has 8 heteroatoms. The highest BCUT2D eigenvalue weighted by Crippen LogP contribution is 2.36. The number of hydrogen-bond donors (Lipinski definition) is 3. The summed E-state index contributed by atoms with van der Waals surface area (Å²) in [5.41, 5.74) is 4.61. The standard InChI is InChI=1S/C30H43N5O3/c1-6-7-8-23(33-29(38)27-20(2)26-24(32-27)17-30(3,4)18-25(26)36)28(37)31-19-21-9-11-22(12-10-21)35-15-13-34(5)14-16-35/h9-12,23,32H,6-8,13-19H2,1-5H3,(H,31,37)(H,33,38). The Morgan fingerprint density at radius 1 is 1.08 bits per heavy atom. The summed E-state index contributed by atoms with van der Waals surface area (Å²) in [4.78, 5) is 47.1. The van der Waals surface area contributed by atoms with Crippen LogP contribution in [0.15, 0.2) is 24.3 Å². The van der Waals surface area contributed by atoms with Crippen molar-refractivity contribution in [1.29, 1.82) is 0 Å². The molecule has 1 aliphatic heterocycles. The number of aromatic amines is 1. The monoisotopic (exact) mass is 521 g/mol. The van der Waals surface area contributed by atoms with Crippen LogP contribution in [0.4, 0.5) is 5.69 Å². The fraction of sp³-hybridized carbons (Fsp3) is 0.567. The Bertz CT molecular complexity index is 1160. The van der Waals surface area contributed by atoms with Crippen LogP contribution < -0.4 is 15.5 Å². The molecule has 1 unspecified atom stereocenters. The quantitative estimate of drug-likeness (QED) is 0.466. The van der Waals surface area contributed by atoms with Gasteiger partial charge < -0.3 is 25.4 Å². The number of ketones is 1. The highest BCUT2D eigenvalue weighted by Gasteiger charge is 2.35. The molecule has 0 radical (unpaired) electrons. The third-order valence-corrected chi connectivity index (χ3v) is 7.87. The van der Waals surface area contributed by atoms with Gasteiger partial charge in [0.15, 0.2) is 5.78 Å². The Balaban J connectivity index is 1.38. The average Bonchev–Trinajstić information content (AvgIpc) is 3.21. The molecular weight excluding hydrogens is 478 g/mol. The summed E-state index contributed by atoms with van der Waals surface area (Å²) in [6.45, 7) is 12.6. The summed E-state index contributed by atoms with van der Waals surface area (Å²) in [5.74, 6) is -0.459. The number of nitrogens with one attached hydrogen (secondary N) is 3. The van der Waals surface area contributed by atoms with Crippen molar-refractivity contribution in [2.75, 3.05) is 38.1 Å². The van der Waals surface area contributed by atoms with Crippen LogP contribution in [-0.4, -0.2) is 66.8 Å². The molecule has 0 bridgehead atoms. The van der Waals surface area contributed by atoms with E-state index in [1.165, 1.54) is 5.69 Å². The number of unbranched alkanes of at least 4 members (excludes halogenated alkanes) is 1. The molecule has 2 aliphatic rings. The van der Waals surface area contributed by atoms with Crippen LogP contribution in [0.25, 0.3) is 0 Å². The minimum Gasteiger partial charge on any atom is -0.369 e. The van der Waals surface area contributed by atoms with E-state index in [9.17, 15) is 14.4 Å². The molecule has 1 atom stereocenters. The van der Waals surface area contributed by atoms with E-state index in [1.54, 1.807) is 0 Å². The van der Waals surface area contributed by atoms with Crippen LogP contribution in [0.1, 0.15) is 84.1 Å². The highest BCUT2D eigenvalue weighted by molar-refractivity contribution is 6.05. The lowest BCUT2D eigenvalue weighted by Crippen LogP contribution is -2.46. The molecule has 2 heterocycles. The molecule has 1 saturated heterocycles. The molecular formula is C30H43N5O3. The smallest absolute Gasteiger partial charge is 0.268 e. The summed E-state index contributed by atoms with van der Waals surface area (Å²) in [6.07, 6.45) is 3.49. The first-order chi connectivity index (χ1) is 18.1. The fourth-order valence-corrected chi connectivity index (χ4v) is 5.57. The van der Waals surface area contributed by atoms with E-state index < -0.39 is 6.04 Å². The maximum absolute atomic E-state index is 13.3. The number of fused-ring (bicyclic) bond motifs is 1. The van der Waals surface area contributed by atoms with Crippen molar-refractivity contribution >= 4 is 23.3 Å². The normalized spacial score (nSPS) is 18.1. The number of nitrogens with zero attached hydrogens (tertiary/aromatic N) is 2. The van der Waals surface area contributed by atoms with Crippen molar-refractivity contribution in [3.8, 4) is 0 Å². The van der Waals surface area contributed by atoms with Gasteiger partial charge in [0, 0.05) is 56.1 Å². The molecule has 1 aromatic carbocycles. The Kier molecular flexibility index (Phi) is 8.61. The number of rotatable bonds is 9. The molecule has 8 nitrogen and oxygen atoms in total. The van der Waals surface area contributed by atoms with E-state index in [0.29, 0.717) is 36.2 Å². The lowest BCUT2D eigenvalue weighted by atomic mass is 9.75. The molecule has 2 amide bonds.